The average molecular weight is 391 g/mol. The molecule has 0 aliphatic rings. The van der Waals surface area contributed by atoms with E-state index in [-0.39, 0.29) is 4.90 Å². The second-order valence-corrected chi connectivity index (χ2v) is 8.66. The first-order valence-corrected chi connectivity index (χ1v) is 10.5. The topological polar surface area (TPSA) is 55.2 Å². The first-order valence-electron chi connectivity index (χ1n) is 9.01. The van der Waals surface area contributed by atoms with Gasteiger partial charge >= 0.3 is 0 Å². The summed E-state index contributed by atoms with van der Waals surface area (Å²) in [5.74, 6) is 0.932. The highest BCUT2D eigenvalue weighted by atomic mass is 32.2. The molecule has 4 rings (SSSR count). The molecule has 3 aromatic carbocycles. The van der Waals surface area contributed by atoms with E-state index < -0.39 is 10.0 Å². The Bertz CT molecular complexity index is 1210. The summed E-state index contributed by atoms with van der Waals surface area (Å²) in [5, 5.41) is 0. The van der Waals surface area contributed by atoms with Gasteiger partial charge in [-0.1, -0.05) is 42.5 Å². The molecule has 0 fully saturated rings. The molecule has 0 atom stereocenters. The molecule has 0 radical (unpaired) electrons. The summed E-state index contributed by atoms with van der Waals surface area (Å²) in [6.45, 7) is 2.62. The third-order valence-electron chi connectivity index (χ3n) is 4.89. The van der Waals surface area contributed by atoms with E-state index in [2.05, 4.69) is 9.55 Å². The number of anilines is 1. The van der Waals surface area contributed by atoms with Gasteiger partial charge in [0.2, 0.25) is 0 Å². The Morgan fingerprint density at radius 2 is 1.54 bits per heavy atom. The van der Waals surface area contributed by atoms with E-state index in [1.165, 1.54) is 4.31 Å². The normalized spacial score (nSPS) is 11.6. The van der Waals surface area contributed by atoms with Crippen molar-refractivity contribution in [1.29, 1.82) is 0 Å². The molecule has 0 bridgehead atoms. The van der Waals surface area contributed by atoms with Gasteiger partial charge in [0.1, 0.15) is 5.82 Å². The van der Waals surface area contributed by atoms with Crippen molar-refractivity contribution in [3.05, 3.63) is 90.3 Å². The molecule has 0 aliphatic heterocycles. The number of hydrogen-bond acceptors (Lipinski definition) is 3. The standard InChI is InChI=1S/C22H21N3O2S/c1-17-23-21-10-6-7-11-22(21)25(17)16-18-12-14-20(15-13-18)28(26,27)24(2)19-8-4-3-5-9-19/h3-15H,16H2,1-2H3. The number of para-hydroxylation sites is 3. The van der Waals surface area contributed by atoms with Crippen LogP contribution in [0.2, 0.25) is 0 Å². The van der Waals surface area contributed by atoms with Crippen molar-refractivity contribution < 1.29 is 8.42 Å². The van der Waals surface area contributed by atoms with Gasteiger partial charge in [-0.2, -0.15) is 0 Å². The Hall–Kier alpha value is -3.12. The highest BCUT2D eigenvalue weighted by molar-refractivity contribution is 7.92. The molecule has 1 heterocycles. The second kappa shape index (κ2) is 7.13. The van der Waals surface area contributed by atoms with Crippen LogP contribution in [-0.2, 0) is 16.6 Å². The molecule has 0 aliphatic carbocycles. The Kier molecular flexibility index (Phi) is 4.65. The van der Waals surface area contributed by atoms with Gasteiger partial charge in [-0.05, 0) is 48.9 Å². The fourth-order valence-electron chi connectivity index (χ4n) is 3.28. The lowest BCUT2D eigenvalue weighted by Crippen LogP contribution is -2.26. The second-order valence-electron chi connectivity index (χ2n) is 6.69. The van der Waals surface area contributed by atoms with Crippen molar-refractivity contribution in [2.24, 2.45) is 0 Å². The Balaban J connectivity index is 1.61. The lowest BCUT2D eigenvalue weighted by molar-refractivity contribution is 0.594. The van der Waals surface area contributed by atoms with Crippen LogP contribution in [0.4, 0.5) is 5.69 Å². The molecule has 0 saturated heterocycles. The molecule has 0 unspecified atom stereocenters. The molecule has 5 nitrogen and oxygen atoms in total. The minimum Gasteiger partial charge on any atom is -0.324 e. The third kappa shape index (κ3) is 3.27. The summed E-state index contributed by atoms with van der Waals surface area (Å²) < 4.78 is 29.2. The number of benzene rings is 3. The van der Waals surface area contributed by atoms with E-state index in [0.717, 1.165) is 22.4 Å². The molecule has 0 N–H and O–H groups in total. The number of aryl methyl sites for hydroxylation is 1. The maximum Gasteiger partial charge on any atom is 0.264 e. The lowest BCUT2D eigenvalue weighted by Gasteiger charge is -2.19. The summed E-state index contributed by atoms with van der Waals surface area (Å²) in [4.78, 5) is 4.86. The average Bonchev–Trinajstić information content (AvgIpc) is 3.04. The first kappa shape index (κ1) is 18.3. The van der Waals surface area contributed by atoms with Gasteiger partial charge in [-0.3, -0.25) is 4.31 Å². The summed E-state index contributed by atoms with van der Waals surface area (Å²) >= 11 is 0. The minimum absolute atomic E-state index is 0.273. The number of fused-ring (bicyclic) bond motifs is 1. The van der Waals surface area contributed by atoms with Gasteiger partial charge in [-0.25, -0.2) is 13.4 Å². The Morgan fingerprint density at radius 3 is 2.25 bits per heavy atom. The number of imidazole rings is 1. The van der Waals surface area contributed by atoms with Crippen molar-refractivity contribution in [1.82, 2.24) is 9.55 Å². The third-order valence-corrected chi connectivity index (χ3v) is 6.69. The summed E-state index contributed by atoms with van der Waals surface area (Å²) in [6, 6.07) is 24.1. The molecule has 4 aromatic rings. The number of rotatable bonds is 5. The Morgan fingerprint density at radius 1 is 0.893 bits per heavy atom. The van der Waals surface area contributed by atoms with Crippen LogP contribution >= 0.6 is 0 Å². The van der Waals surface area contributed by atoms with E-state index in [0.29, 0.717) is 12.2 Å². The lowest BCUT2D eigenvalue weighted by atomic mass is 10.2. The van der Waals surface area contributed by atoms with Crippen LogP contribution < -0.4 is 4.31 Å². The first-order chi connectivity index (χ1) is 13.5. The summed E-state index contributed by atoms with van der Waals surface area (Å²) in [6.07, 6.45) is 0. The van der Waals surface area contributed by atoms with Crippen LogP contribution in [0.1, 0.15) is 11.4 Å². The van der Waals surface area contributed by atoms with E-state index >= 15 is 0 Å². The largest absolute Gasteiger partial charge is 0.324 e. The van der Waals surface area contributed by atoms with Crippen molar-refractivity contribution in [3.8, 4) is 0 Å². The van der Waals surface area contributed by atoms with Crippen LogP contribution in [0.3, 0.4) is 0 Å². The van der Waals surface area contributed by atoms with Crippen LogP contribution in [0.5, 0.6) is 0 Å². The highest BCUT2D eigenvalue weighted by Crippen LogP contribution is 2.23. The molecule has 0 spiro atoms. The SMILES string of the molecule is Cc1nc2ccccc2n1Cc1ccc(S(=O)(=O)N(C)c2ccccc2)cc1. The predicted molar refractivity (Wildman–Crippen MR) is 112 cm³/mol. The molecule has 0 saturated carbocycles. The van der Waals surface area contributed by atoms with Crippen molar-refractivity contribution in [2.75, 3.05) is 11.4 Å². The van der Waals surface area contributed by atoms with Gasteiger partial charge < -0.3 is 4.57 Å². The van der Waals surface area contributed by atoms with E-state index in [4.69, 9.17) is 0 Å². The fourth-order valence-corrected chi connectivity index (χ4v) is 4.48. The van der Waals surface area contributed by atoms with Crippen LogP contribution in [0.25, 0.3) is 11.0 Å². The maximum absolute atomic E-state index is 12.9. The molecular formula is C22H21N3O2S. The van der Waals surface area contributed by atoms with Crippen molar-refractivity contribution in [2.45, 2.75) is 18.4 Å². The van der Waals surface area contributed by atoms with Crippen molar-refractivity contribution >= 4 is 26.7 Å². The van der Waals surface area contributed by atoms with Gasteiger partial charge in [0.05, 0.1) is 21.6 Å². The summed E-state index contributed by atoms with van der Waals surface area (Å²) in [5.41, 5.74) is 3.68. The van der Waals surface area contributed by atoms with Gasteiger partial charge in [0.15, 0.2) is 0 Å². The zero-order valence-electron chi connectivity index (χ0n) is 15.8. The monoisotopic (exact) mass is 391 g/mol. The van der Waals surface area contributed by atoms with Crippen LogP contribution in [-0.4, -0.2) is 25.0 Å². The van der Waals surface area contributed by atoms with E-state index in [1.807, 2.05) is 61.5 Å². The zero-order valence-corrected chi connectivity index (χ0v) is 16.6. The number of aromatic nitrogens is 2. The summed E-state index contributed by atoms with van der Waals surface area (Å²) in [7, 11) is -2.03. The molecule has 28 heavy (non-hydrogen) atoms. The maximum atomic E-state index is 12.9. The number of sulfonamides is 1. The zero-order chi connectivity index (χ0) is 19.7. The number of nitrogens with zero attached hydrogens (tertiary/aromatic N) is 3. The number of hydrogen-bond donors (Lipinski definition) is 0. The minimum atomic E-state index is -3.60. The molecule has 1 aromatic heterocycles. The quantitative estimate of drug-likeness (QED) is 0.512. The molecule has 142 valence electrons. The fraction of sp³-hybridized carbons (Fsp3) is 0.136. The smallest absolute Gasteiger partial charge is 0.264 e. The highest BCUT2D eigenvalue weighted by Gasteiger charge is 2.21. The van der Waals surface area contributed by atoms with Crippen molar-refractivity contribution in [3.63, 3.8) is 0 Å². The predicted octanol–water partition coefficient (Wildman–Crippen LogP) is 4.22. The Labute approximate surface area is 164 Å². The molecule has 6 heteroatoms. The van der Waals surface area contributed by atoms with Gasteiger partial charge in [-0.15, -0.1) is 0 Å². The van der Waals surface area contributed by atoms with E-state index in [9.17, 15) is 8.42 Å². The molecule has 0 amide bonds. The van der Waals surface area contributed by atoms with E-state index in [1.54, 1.807) is 31.3 Å². The molecular weight excluding hydrogens is 370 g/mol. The van der Waals surface area contributed by atoms with Gasteiger partial charge in [0, 0.05) is 13.6 Å². The van der Waals surface area contributed by atoms with Crippen LogP contribution in [0.15, 0.2) is 83.8 Å². The van der Waals surface area contributed by atoms with Gasteiger partial charge in [0.25, 0.3) is 10.0 Å². The van der Waals surface area contributed by atoms with Crippen LogP contribution in [0, 0.1) is 6.92 Å².